The van der Waals surface area contributed by atoms with E-state index in [4.69, 9.17) is 0 Å². The predicted molar refractivity (Wildman–Crippen MR) is 75.9 cm³/mol. The third kappa shape index (κ3) is 2.52. The molecule has 0 fully saturated rings. The van der Waals surface area contributed by atoms with Gasteiger partial charge in [0.05, 0.1) is 0 Å². The molecule has 0 aliphatic heterocycles. The maximum atomic E-state index is 2.35. The van der Waals surface area contributed by atoms with Gasteiger partial charge in [-0.25, -0.2) is 0 Å². The number of hydrogen-bond acceptors (Lipinski definition) is 0. The smallest absolute Gasteiger partial charge is 0.0190 e. The lowest BCUT2D eigenvalue weighted by Gasteiger charge is -2.22. The molecule has 0 heteroatoms. The first kappa shape index (κ1) is 12.2. The van der Waals surface area contributed by atoms with E-state index in [1.54, 1.807) is 11.1 Å². The fourth-order valence-corrected chi connectivity index (χ4v) is 2.57. The van der Waals surface area contributed by atoms with Gasteiger partial charge in [-0.2, -0.15) is 0 Å². The molecule has 1 aliphatic rings. The van der Waals surface area contributed by atoms with Crippen LogP contribution in [0.5, 0.6) is 0 Å². The minimum atomic E-state index is 0.668. The highest BCUT2D eigenvalue weighted by Gasteiger charge is 2.15. The molecule has 2 rings (SSSR count). The van der Waals surface area contributed by atoms with Gasteiger partial charge in [0.25, 0.3) is 0 Å². The Morgan fingerprint density at radius 1 is 1.24 bits per heavy atom. The summed E-state index contributed by atoms with van der Waals surface area (Å²) in [4.78, 5) is 0. The van der Waals surface area contributed by atoms with E-state index < -0.39 is 0 Å². The van der Waals surface area contributed by atoms with Crippen LogP contribution in [0.4, 0.5) is 0 Å². The molecule has 0 spiro atoms. The van der Waals surface area contributed by atoms with Crippen LogP contribution in [0.15, 0.2) is 42.0 Å². The molecule has 1 aromatic carbocycles. The van der Waals surface area contributed by atoms with E-state index in [-0.39, 0.29) is 0 Å². The Kier molecular flexibility index (Phi) is 3.83. The Hall–Kier alpha value is -1.30. The minimum Gasteiger partial charge on any atom is -0.0839 e. The second kappa shape index (κ2) is 5.35. The molecule has 0 heterocycles. The lowest BCUT2D eigenvalue weighted by atomic mass is 9.83. The van der Waals surface area contributed by atoms with Crippen LogP contribution in [-0.2, 0) is 0 Å². The summed E-state index contributed by atoms with van der Waals surface area (Å²) < 4.78 is 0. The number of aryl methyl sites for hydroxylation is 1. The van der Waals surface area contributed by atoms with Crippen LogP contribution in [-0.4, -0.2) is 0 Å². The summed E-state index contributed by atoms with van der Waals surface area (Å²) in [5, 5.41) is 0. The molecule has 1 aliphatic carbocycles. The average Bonchev–Trinajstić information content (AvgIpc) is 2.38. The second-order valence-electron chi connectivity index (χ2n) is 5.00. The molecule has 1 atom stereocenters. The van der Waals surface area contributed by atoms with Crippen molar-refractivity contribution in [3.8, 4) is 0 Å². The van der Waals surface area contributed by atoms with Gasteiger partial charge in [0, 0.05) is 0 Å². The molecule has 0 nitrogen and oxygen atoms in total. The van der Waals surface area contributed by atoms with E-state index in [9.17, 15) is 0 Å². The highest BCUT2D eigenvalue weighted by Crippen LogP contribution is 2.34. The van der Waals surface area contributed by atoms with Crippen LogP contribution in [0.25, 0.3) is 5.57 Å². The summed E-state index contributed by atoms with van der Waals surface area (Å²) >= 11 is 0. The molecule has 0 bridgehead atoms. The van der Waals surface area contributed by atoms with E-state index in [1.807, 2.05) is 0 Å². The van der Waals surface area contributed by atoms with E-state index in [1.165, 1.54) is 30.4 Å². The first-order valence-electron chi connectivity index (χ1n) is 6.69. The molecule has 1 unspecified atom stereocenters. The van der Waals surface area contributed by atoms with Gasteiger partial charge < -0.3 is 0 Å². The minimum absolute atomic E-state index is 0.668. The molecule has 0 amide bonds. The van der Waals surface area contributed by atoms with Crippen molar-refractivity contribution >= 4 is 5.57 Å². The van der Waals surface area contributed by atoms with Crippen molar-refractivity contribution in [1.29, 1.82) is 0 Å². The van der Waals surface area contributed by atoms with Gasteiger partial charge in [0.1, 0.15) is 0 Å². The summed E-state index contributed by atoms with van der Waals surface area (Å²) in [6, 6.07) is 8.77. The Morgan fingerprint density at radius 3 is 2.71 bits per heavy atom. The quantitative estimate of drug-likeness (QED) is 0.669. The van der Waals surface area contributed by atoms with Crippen molar-refractivity contribution in [3.63, 3.8) is 0 Å². The third-order valence-corrected chi connectivity index (χ3v) is 3.82. The van der Waals surface area contributed by atoms with Crippen LogP contribution >= 0.6 is 0 Å². The van der Waals surface area contributed by atoms with Crippen LogP contribution in [0, 0.1) is 12.8 Å². The Balaban J connectivity index is 2.50. The Bertz CT molecular complexity index is 449. The SMILES string of the molecule is CCC(C)C1=C(c2ccccc2C)CCC=C1. The fraction of sp³-hybridized carbons (Fsp3) is 0.412. The van der Waals surface area contributed by atoms with Gasteiger partial charge >= 0.3 is 0 Å². The third-order valence-electron chi connectivity index (χ3n) is 3.82. The van der Waals surface area contributed by atoms with Crippen molar-refractivity contribution in [3.05, 3.63) is 53.1 Å². The largest absolute Gasteiger partial charge is 0.0839 e. The standard InChI is InChI=1S/C17H22/c1-4-13(2)15-10-7-8-12-17(15)16-11-6-5-9-14(16)3/h5-7,9-11,13H,4,8,12H2,1-3H3. The summed E-state index contributed by atoms with van der Waals surface area (Å²) in [5.74, 6) is 0.668. The van der Waals surface area contributed by atoms with Crippen LogP contribution in [0.3, 0.4) is 0 Å². The Labute approximate surface area is 105 Å². The van der Waals surface area contributed by atoms with E-state index >= 15 is 0 Å². The van der Waals surface area contributed by atoms with Gasteiger partial charge in [0.15, 0.2) is 0 Å². The maximum Gasteiger partial charge on any atom is -0.0190 e. The molecular formula is C17H22. The zero-order valence-corrected chi connectivity index (χ0v) is 11.2. The van der Waals surface area contributed by atoms with Gasteiger partial charge in [-0.15, -0.1) is 0 Å². The molecule has 0 saturated heterocycles. The Morgan fingerprint density at radius 2 is 2.00 bits per heavy atom. The van der Waals surface area contributed by atoms with Crippen molar-refractivity contribution in [2.45, 2.75) is 40.0 Å². The van der Waals surface area contributed by atoms with Crippen LogP contribution in [0.1, 0.15) is 44.2 Å². The maximum absolute atomic E-state index is 2.35. The first-order chi connectivity index (χ1) is 8.24. The zero-order chi connectivity index (χ0) is 12.3. The van der Waals surface area contributed by atoms with Gasteiger partial charge in [-0.3, -0.25) is 0 Å². The topological polar surface area (TPSA) is 0 Å². The molecule has 0 N–H and O–H groups in total. The van der Waals surface area contributed by atoms with Gasteiger partial charge in [-0.1, -0.05) is 50.3 Å². The summed E-state index contributed by atoms with van der Waals surface area (Å²) in [7, 11) is 0. The average molecular weight is 226 g/mol. The van der Waals surface area contributed by atoms with Crippen molar-refractivity contribution in [2.24, 2.45) is 5.92 Å². The first-order valence-corrected chi connectivity index (χ1v) is 6.69. The highest BCUT2D eigenvalue weighted by atomic mass is 14.2. The molecule has 0 aromatic heterocycles. The fourth-order valence-electron chi connectivity index (χ4n) is 2.57. The molecule has 1 aromatic rings. The van der Waals surface area contributed by atoms with E-state index in [0.717, 1.165) is 0 Å². The predicted octanol–water partition coefficient (Wildman–Crippen LogP) is 5.14. The molecular weight excluding hydrogens is 204 g/mol. The lowest BCUT2D eigenvalue weighted by Crippen LogP contribution is -2.04. The zero-order valence-electron chi connectivity index (χ0n) is 11.2. The van der Waals surface area contributed by atoms with Crippen LogP contribution < -0.4 is 0 Å². The normalized spacial score (nSPS) is 17.4. The van der Waals surface area contributed by atoms with Gasteiger partial charge in [0.2, 0.25) is 0 Å². The number of benzene rings is 1. The summed E-state index contributed by atoms with van der Waals surface area (Å²) in [6.45, 7) is 6.83. The van der Waals surface area contributed by atoms with Gasteiger partial charge in [-0.05, 0) is 54.4 Å². The lowest BCUT2D eigenvalue weighted by molar-refractivity contribution is 0.666. The van der Waals surface area contributed by atoms with E-state index in [0.29, 0.717) is 5.92 Å². The summed E-state index contributed by atoms with van der Waals surface area (Å²) in [5.41, 5.74) is 5.97. The second-order valence-corrected chi connectivity index (χ2v) is 5.00. The number of hydrogen-bond donors (Lipinski definition) is 0. The van der Waals surface area contributed by atoms with E-state index in [2.05, 4.69) is 57.2 Å². The summed E-state index contributed by atoms with van der Waals surface area (Å²) in [6.07, 6.45) is 8.27. The van der Waals surface area contributed by atoms with Crippen molar-refractivity contribution in [2.75, 3.05) is 0 Å². The molecule has 0 radical (unpaired) electrons. The van der Waals surface area contributed by atoms with Crippen molar-refractivity contribution < 1.29 is 0 Å². The number of allylic oxidation sites excluding steroid dienone is 4. The molecule has 0 saturated carbocycles. The highest BCUT2D eigenvalue weighted by molar-refractivity contribution is 5.74. The number of rotatable bonds is 3. The van der Waals surface area contributed by atoms with Crippen molar-refractivity contribution in [1.82, 2.24) is 0 Å². The molecule has 90 valence electrons. The monoisotopic (exact) mass is 226 g/mol. The molecule has 17 heavy (non-hydrogen) atoms. The van der Waals surface area contributed by atoms with Crippen LogP contribution in [0.2, 0.25) is 0 Å².